The van der Waals surface area contributed by atoms with Gasteiger partial charge in [0, 0.05) is 12.1 Å². The number of ether oxygens (including phenoxy) is 1. The lowest BCUT2D eigenvalue weighted by Crippen LogP contribution is -2.21. The van der Waals surface area contributed by atoms with Gasteiger partial charge in [-0.3, -0.25) is 9.59 Å². The van der Waals surface area contributed by atoms with E-state index in [4.69, 9.17) is 4.74 Å². The second kappa shape index (κ2) is 7.62. The Labute approximate surface area is 138 Å². The molecule has 1 N–H and O–H groups in total. The standard InChI is InChI=1S/C19H27NO3/c1-19(2,3)15-8-10-16(11-9-15)20-17(21)13-23-18(22)12-14-6-4-5-7-14/h8-11,14H,4-7,12-13H2,1-3H3,(H,20,21). The van der Waals surface area contributed by atoms with Crippen LogP contribution in [-0.2, 0) is 19.7 Å². The summed E-state index contributed by atoms with van der Waals surface area (Å²) >= 11 is 0. The predicted octanol–water partition coefficient (Wildman–Crippen LogP) is 4.05. The van der Waals surface area contributed by atoms with Gasteiger partial charge in [-0.05, 0) is 41.9 Å². The molecule has 0 spiro atoms. The minimum atomic E-state index is -0.298. The quantitative estimate of drug-likeness (QED) is 0.834. The van der Waals surface area contributed by atoms with Crippen molar-refractivity contribution < 1.29 is 14.3 Å². The summed E-state index contributed by atoms with van der Waals surface area (Å²) in [4.78, 5) is 23.6. The van der Waals surface area contributed by atoms with Crippen LogP contribution in [0, 0.1) is 5.92 Å². The van der Waals surface area contributed by atoms with Gasteiger partial charge in [-0.15, -0.1) is 0 Å². The Morgan fingerprint density at radius 1 is 1.13 bits per heavy atom. The summed E-state index contributed by atoms with van der Waals surface area (Å²) in [6, 6.07) is 7.75. The first-order valence-corrected chi connectivity index (χ1v) is 8.40. The molecule has 0 heterocycles. The zero-order valence-corrected chi connectivity index (χ0v) is 14.4. The van der Waals surface area contributed by atoms with E-state index >= 15 is 0 Å². The van der Waals surface area contributed by atoms with Gasteiger partial charge in [-0.25, -0.2) is 0 Å². The van der Waals surface area contributed by atoms with Gasteiger partial charge in [-0.2, -0.15) is 0 Å². The first-order chi connectivity index (χ1) is 10.8. The van der Waals surface area contributed by atoms with Gasteiger partial charge in [0.1, 0.15) is 0 Å². The van der Waals surface area contributed by atoms with Crippen LogP contribution in [0.4, 0.5) is 5.69 Å². The molecule has 1 saturated carbocycles. The maximum Gasteiger partial charge on any atom is 0.306 e. The molecule has 2 rings (SSSR count). The fourth-order valence-corrected chi connectivity index (χ4v) is 2.91. The van der Waals surface area contributed by atoms with E-state index in [9.17, 15) is 9.59 Å². The Morgan fingerprint density at radius 3 is 2.30 bits per heavy atom. The van der Waals surface area contributed by atoms with E-state index in [1.165, 1.54) is 18.4 Å². The molecule has 1 aliphatic carbocycles. The van der Waals surface area contributed by atoms with E-state index < -0.39 is 0 Å². The molecule has 0 saturated heterocycles. The molecule has 0 atom stereocenters. The maximum absolute atomic E-state index is 11.8. The predicted molar refractivity (Wildman–Crippen MR) is 91.3 cm³/mol. The van der Waals surface area contributed by atoms with Crippen molar-refractivity contribution in [2.45, 2.75) is 58.3 Å². The minimum Gasteiger partial charge on any atom is -0.456 e. The van der Waals surface area contributed by atoms with E-state index in [0.29, 0.717) is 12.3 Å². The Morgan fingerprint density at radius 2 is 1.74 bits per heavy atom. The van der Waals surface area contributed by atoms with Crippen molar-refractivity contribution in [2.75, 3.05) is 11.9 Å². The fourth-order valence-electron chi connectivity index (χ4n) is 2.91. The molecule has 4 nitrogen and oxygen atoms in total. The molecule has 1 aliphatic rings. The number of carbonyl (C=O) groups is 2. The third kappa shape index (κ3) is 5.70. The highest BCUT2D eigenvalue weighted by atomic mass is 16.5. The molecule has 4 heteroatoms. The second-order valence-corrected chi connectivity index (χ2v) is 7.39. The van der Waals surface area contributed by atoms with E-state index in [0.717, 1.165) is 18.5 Å². The number of benzene rings is 1. The van der Waals surface area contributed by atoms with Gasteiger partial charge in [-0.1, -0.05) is 45.7 Å². The summed E-state index contributed by atoms with van der Waals surface area (Å²) in [6.07, 6.45) is 5.03. The average Bonchev–Trinajstić information content (AvgIpc) is 2.98. The molecule has 0 radical (unpaired) electrons. The van der Waals surface area contributed by atoms with Crippen LogP contribution >= 0.6 is 0 Å². The third-order valence-corrected chi connectivity index (χ3v) is 4.33. The van der Waals surface area contributed by atoms with Crippen molar-refractivity contribution in [3.63, 3.8) is 0 Å². The van der Waals surface area contributed by atoms with Crippen LogP contribution in [0.5, 0.6) is 0 Å². The van der Waals surface area contributed by atoms with Crippen LogP contribution in [0.2, 0.25) is 0 Å². The van der Waals surface area contributed by atoms with E-state index in [2.05, 4.69) is 26.1 Å². The highest BCUT2D eigenvalue weighted by molar-refractivity contribution is 5.92. The molecular weight excluding hydrogens is 290 g/mol. The van der Waals surface area contributed by atoms with Gasteiger partial charge >= 0.3 is 5.97 Å². The van der Waals surface area contributed by atoms with Crippen molar-refractivity contribution in [1.29, 1.82) is 0 Å². The molecule has 1 aromatic carbocycles. The Bertz CT molecular complexity index is 537. The number of amides is 1. The van der Waals surface area contributed by atoms with Crippen LogP contribution in [-0.4, -0.2) is 18.5 Å². The molecule has 1 aromatic rings. The Hall–Kier alpha value is -1.84. The molecule has 0 aromatic heterocycles. The lowest BCUT2D eigenvalue weighted by atomic mass is 9.87. The zero-order valence-electron chi connectivity index (χ0n) is 14.4. The van der Waals surface area contributed by atoms with Gasteiger partial charge in [0.05, 0.1) is 0 Å². The van der Waals surface area contributed by atoms with Crippen molar-refractivity contribution in [1.82, 2.24) is 0 Å². The molecular formula is C19H27NO3. The van der Waals surface area contributed by atoms with Gasteiger partial charge in [0.2, 0.25) is 0 Å². The van der Waals surface area contributed by atoms with Crippen molar-refractivity contribution >= 4 is 17.6 Å². The van der Waals surface area contributed by atoms with Crippen LogP contribution in [0.15, 0.2) is 24.3 Å². The number of nitrogens with one attached hydrogen (secondary N) is 1. The SMILES string of the molecule is CC(C)(C)c1ccc(NC(=O)COC(=O)CC2CCCC2)cc1. The second-order valence-electron chi connectivity index (χ2n) is 7.39. The van der Waals surface area contributed by atoms with Crippen molar-refractivity contribution in [3.05, 3.63) is 29.8 Å². The number of hydrogen-bond donors (Lipinski definition) is 1. The smallest absolute Gasteiger partial charge is 0.306 e. The number of hydrogen-bond acceptors (Lipinski definition) is 3. The molecule has 0 aliphatic heterocycles. The first-order valence-electron chi connectivity index (χ1n) is 8.40. The molecule has 23 heavy (non-hydrogen) atoms. The third-order valence-electron chi connectivity index (χ3n) is 4.33. The maximum atomic E-state index is 11.8. The topological polar surface area (TPSA) is 55.4 Å². The van der Waals surface area contributed by atoms with E-state index in [-0.39, 0.29) is 23.9 Å². The lowest BCUT2D eigenvalue weighted by Gasteiger charge is -2.19. The number of carbonyl (C=O) groups excluding carboxylic acids is 2. The molecule has 1 amide bonds. The van der Waals surface area contributed by atoms with Crippen LogP contribution in [0.25, 0.3) is 0 Å². The Kier molecular flexibility index (Phi) is 5.80. The fraction of sp³-hybridized carbons (Fsp3) is 0.579. The monoisotopic (exact) mass is 317 g/mol. The number of rotatable bonds is 5. The van der Waals surface area contributed by atoms with Crippen molar-refractivity contribution in [3.8, 4) is 0 Å². The summed E-state index contributed by atoms with van der Waals surface area (Å²) in [7, 11) is 0. The molecule has 0 unspecified atom stereocenters. The summed E-state index contributed by atoms with van der Waals surface area (Å²) in [5, 5.41) is 2.75. The van der Waals surface area contributed by atoms with Gasteiger partial charge < -0.3 is 10.1 Å². The largest absolute Gasteiger partial charge is 0.456 e. The summed E-state index contributed by atoms with van der Waals surface area (Å²) in [6.45, 7) is 6.21. The van der Waals surface area contributed by atoms with Crippen LogP contribution in [0.1, 0.15) is 58.4 Å². The number of esters is 1. The van der Waals surface area contributed by atoms with Crippen molar-refractivity contribution in [2.24, 2.45) is 5.92 Å². The number of anilines is 1. The molecule has 1 fully saturated rings. The van der Waals surface area contributed by atoms with Crippen LogP contribution in [0.3, 0.4) is 0 Å². The van der Waals surface area contributed by atoms with Gasteiger partial charge in [0.15, 0.2) is 6.61 Å². The highest BCUT2D eigenvalue weighted by Gasteiger charge is 2.20. The summed E-state index contributed by atoms with van der Waals surface area (Å²) < 4.78 is 5.06. The van der Waals surface area contributed by atoms with Crippen LogP contribution < -0.4 is 5.32 Å². The first kappa shape index (κ1) is 17.5. The van der Waals surface area contributed by atoms with Gasteiger partial charge in [0.25, 0.3) is 5.91 Å². The zero-order chi connectivity index (χ0) is 16.9. The average molecular weight is 317 g/mol. The lowest BCUT2D eigenvalue weighted by molar-refractivity contribution is -0.148. The minimum absolute atomic E-state index is 0.0817. The van der Waals surface area contributed by atoms with E-state index in [1.807, 2.05) is 24.3 Å². The molecule has 0 bridgehead atoms. The highest BCUT2D eigenvalue weighted by Crippen LogP contribution is 2.27. The normalized spacial score (nSPS) is 15.4. The molecule has 126 valence electrons. The van der Waals surface area contributed by atoms with E-state index in [1.54, 1.807) is 0 Å². The summed E-state index contributed by atoms with van der Waals surface area (Å²) in [5.74, 6) is -0.126. The Balaban J connectivity index is 1.74. The summed E-state index contributed by atoms with van der Waals surface area (Å²) in [5.41, 5.74) is 2.01.